The van der Waals surface area contributed by atoms with E-state index in [-0.39, 0.29) is 31.4 Å². The average Bonchev–Trinajstić information content (AvgIpc) is 3.16. The maximum Gasteiger partial charge on any atom is 0.306 e. The minimum Gasteiger partial charge on any atom is -0.467 e. The number of benzene rings is 1. The van der Waals surface area contributed by atoms with Gasteiger partial charge in [-0.25, -0.2) is 0 Å². The van der Waals surface area contributed by atoms with Crippen LogP contribution in [0.3, 0.4) is 0 Å². The molecule has 1 amide bonds. The third-order valence-corrected chi connectivity index (χ3v) is 4.81. The maximum atomic E-state index is 12.5. The Morgan fingerprint density at radius 2 is 1.86 bits per heavy atom. The third kappa shape index (κ3) is 6.79. The molecule has 9 heteroatoms. The van der Waals surface area contributed by atoms with Crippen molar-refractivity contribution in [2.24, 2.45) is 0 Å². The first-order chi connectivity index (χ1) is 13.8. The summed E-state index contributed by atoms with van der Waals surface area (Å²) in [5.74, 6) is 0.563. The van der Waals surface area contributed by atoms with Crippen LogP contribution in [0.5, 0.6) is 5.75 Å². The van der Waals surface area contributed by atoms with Crippen molar-refractivity contribution in [1.82, 2.24) is 4.90 Å². The maximum absolute atomic E-state index is 12.5. The number of amides is 1. The number of rotatable bonds is 11. The van der Waals surface area contributed by atoms with E-state index in [1.54, 1.807) is 24.3 Å². The summed E-state index contributed by atoms with van der Waals surface area (Å²) < 4.78 is 39.2. The van der Waals surface area contributed by atoms with E-state index in [2.05, 4.69) is 4.90 Å². The fourth-order valence-electron chi connectivity index (χ4n) is 2.94. The van der Waals surface area contributed by atoms with Crippen molar-refractivity contribution < 1.29 is 26.5 Å². The molecule has 0 unspecified atom stereocenters. The van der Waals surface area contributed by atoms with Crippen LogP contribution in [0.1, 0.15) is 25.2 Å². The van der Waals surface area contributed by atoms with Gasteiger partial charge in [0.1, 0.15) is 18.1 Å². The Kier molecular flexibility index (Phi) is 8.10. The summed E-state index contributed by atoms with van der Waals surface area (Å²) >= 11 is 0. The number of methoxy groups -OCH3 is 1. The summed E-state index contributed by atoms with van der Waals surface area (Å²) in [6.45, 7) is 5.85. The smallest absolute Gasteiger partial charge is 0.306 e. The predicted molar refractivity (Wildman–Crippen MR) is 110 cm³/mol. The van der Waals surface area contributed by atoms with Crippen LogP contribution in [0.4, 0.5) is 5.69 Å². The Morgan fingerprint density at radius 3 is 2.41 bits per heavy atom. The Bertz CT molecular complexity index is 892. The SMILES string of the molecule is CCN(CC)c1ccc(CN(Cc2ccco2)C(=O)COC)c(OS(C)(=O)=O)c1. The number of nitrogens with zero attached hydrogens (tertiary/aromatic N) is 2. The Labute approximate surface area is 172 Å². The van der Waals surface area contributed by atoms with Crippen LogP contribution in [-0.2, 0) is 32.7 Å². The van der Waals surface area contributed by atoms with Crippen molar-refractivity contribution in [2.75, 3.05) is 38.0 Å². The largest absolute Gasteiger partial charge is 0.467 e. The van der Waals surface area contributed by atoms with E-state index in [0.29, 0.717) is 11.3 Å². The molecule has 0 fully saturated rings. The molecule has 0 bridgehead atoms. The minimum absolute atomic E-state index is 0.0967. The molecule has 2 aromatic rings. The number of furan rings is 1. The lowest BCUT2D eigenvalue weighted by molar-refractivity contribution is -0.136. The van der Waals surface area contributed by atoms with Gasteiger partial charge in [0.25, 0.3) is 0 Å². The van der Waals surface area contributed by atoms with Crippen molar-refractivity contribution in [3.05, 3.63) is 47.9 Å². The predicted octanol–water partition coefficient (Wildman–Crippen LogP) is 2.64. The number of carbonyl (C=O) groups is 1. The van der Waals surface area contributed by atoms with Crippen LogP contribution in [-0.4, -0.2) is 52.3 Å². The van der Waals surface area contributed by atoms with E-state index in [4.69, 9.17) is 13.3 Å². The molecular weight excluding hydrogens is 396 g/mol. The molecule has 0 aliphatic carbocycles. The van der Waals surface area contributed by atoms with Gasteiger partial charge in [0.05, 0.1) is 19.1 Å². The Morgan fingerprint density at radius 1 is 1.14 bits per heavy atom. The summed E-state index contributed by atoms with van der Waals surface area (Å²) in [5, 5.41) is 0. The van der Waals surface area contributed by atoms with Crippen LogP contribution in [0.2, 0.25) is 0 Å². The monoisotopic (exact) mass is 424 g/mol. The number of hydrogen-bond donors (Lipinski definition) is 0. The van der Waals surface area contributed by atoms with E-state index in [9.17, 15) is 13.2 Å². The first-order valence-corrected chi connectivity index (χ1v) is 11.2. The molecular formula is C20H28N2O6S. The fourth-order valence-corrected chi connectivity index (χ4v) is 3.42. The van der Waals surface area contributed by atoms with Gasteiger partial charge in [-0.05, 0) is 32.0 Å². The lowest BCUT2D eigenvalue weighted by Crippen LogP contribution is -2.33. The number of hydrogen-bond acceptors (Lipinski definition) is 7. The standard InChI is InChI=1S/C20H28N2O6S/c1-5-21(6-2)17-10-9-16(19(12-17)28-29(4,24)25)13-22(20(23)15-26-3)14-18-8-7-11-27-18/h7-12H,5-6,13-15H2,1-4H3. The Balaban J connectivity index is 2.38. The zero-order valence-electron chi connectivity index (χ0n) is 17.3. The van der Waals surface area contributed by atoms with E-state index >= 15 is 0 Å². The highest BCUT2D eigenvalue weighted by atomic mass is 32.2. The molecule has 0 spiro atoms. The minimum atomic E-state index is -3.74. The lowest BCUT2D eigenvalue weighted by Gasteiger charge is -2.25. The summed E-state index contributed by atoms with van der Waals surface area (Å²) in [6.07, 6.45) is 2.53. The molecule has 0 saturated carbocycles. The molecule has 0 aliphatic rings. The normalized spacial score (nSPS) is 11.3. The van der Waals surface area contributed by atoms with E-state index in [1.165, 1.54) is 18.3 Å². The van der Waals surface area contributed by atoms with Crippen LogP contribution < -0.4 is 9.08 Å². The zero-order chi connectivity index (χ0) is 21.4. The fraction of sp³-hybridized carbons (Fsp3) is 0.450. The topological polar surface area (TPSA) is 89.3 Å². The molecule has 0 radical (unpaired) electrons. The first kappa shape index (κ1) is 22.8. The van der Waals surface area contributed by atoms with Crippen molar-refractivity contribution in [3.63, 3.8) is 0 Å². The van der Waals surface area contributed by atoms with E-state index in [0.717, 1.165) is 25.0 Å². The second-order valence-electron chi connectivity index (χ2n) is 6.51. The van der Waals surface area contributed by atoms with Gasteiger partial charge in [-0.2, -0.15) is 8.42 Å². The van der Waals surface area contributed by atoms with Crippen molar-refractivity contribution in [2.45, 2.75) is 26.9 Å². The molecule has 0 aliphatic heterocycles. The summed E-state index contributed by atoms with van der Waals surface area (Å²) in [6, 6.07) is 8.87. The lowest BCUT2D eigenvalue weighted by atomic mass is 10.1. The molecule has 0 N–H and O–H groups in total. The summed E-state index contributed by atoms with van der Waals surface area (Å²) in [4.78, 5) is 16.1. The second kappa shape index (κ2) is 10.3. The summed E-state index contributed by atoms with van der Waals surface area (Å²) in [7, 11) is -2.29. The van der Waals surface area contributed by atoms with Gasteiger partial charge in [0.2, 0.25) is 5.91 Å². The molecule has 160 valence electrons. The van der Waals surface area contributed by atoms with Gasteiger partial charge in [0.15, 0.2) is 0 Å². The van der Waals surface area contributed by atoms with Gasteiger partial charge in [-0.1, -0.05) is 6.07 Å². The highest BCUT2D eigenvalue weighted by Gasteiger charge is 2.20. The number of ether oxygens (including phenoxy) is 1. The number of anilines is 1. The van der Waals surface area contributed by atoms with Crippen molar-refractivity contribution in [1.29, 1.82) is 0 Å². The molecule has 0 saturated heterocycles. The van der Waals surface area contributed by atoms with Crippen molar-refractivity contribution >= 4 is 21.7 Å². The van der Waals surface area contributed by atoms with Crippen molar-refractivity contribution in [3.8, 4) is 5.75 Å². The molecule has 1 aromatic heterocycles. The van der Waals surface area contributed by atoms with E-state index < -0.39 is 10.1 Å². The molecule has 8 nitrogen and oxygen atoms in total. The molecule has 2 rings (SSSR count). The Hall–Kier alpha value is -2.52. The number of carbonyl (C=O) groups excluding carboxylic acids is 1. The van der Waals surface area contributed by atoms with Crippen LogP contribution in [0.15, 0.2) is 41.0 Å². The van der Waals surface area contributed by atoms with Gasteiger partial charge < -0.3 is 23.1 Å². The first-order valence-electron chi connectivity index (χ1n) is 9.33. The van der Waals surface area contributed by atoms with Gasteiger partial charge >= 0.3 is 10.1 Å². The van der Waals surface area contributed by atoms with Crippen LogP contribution in [0.25, 0.3) is 0 Å². The second-order valence-corrected chi connectivity index (χ2v) is 8.09. The average molecular weight is 425 g/mol. The van der Waals surface area contributed by atoms with Gasteiger partial charge in [-0.15, -0.1) is 0 Å². The summed E-state index contributed by atoms with van der Waals surface area (Å²) in [5.41, 5.74) is 1.42. The highest BCUT2D eigenvalue weighted by molar-refractivity contribution is 7.86. The molecule has 1 aromatic carbocycles. The molecule has 0 atom stereocenters. The molecule has 29 heavy (non-hydrogen) atoms. The quantitative estimate of drug-likeness (QED) is 0.512. The van der Waals surface area contributed by atoms with Gasteiger partial charge in [0, 0.05) is 44.1 Å². The zero-order valence-corrected chi connectivity index (χ0v) is 18.1. The third-order valence-electron chi connectivity index (χ3n) is 4.33. The molecule has 1 heterocycles. The van der Waals surface area contributed by atoms with Crippen LogP contribution in [0, 0.1) is 0 Å². The highest BCUT2D eigenvalue weighted by Crippen LogP contribution is 2.28. The van der Waals surface area contributed by atoms with E-state index in [1.807, 2.05) is 19.9 Å². The van der Waals surface area contributed by atoms with Crippen LogP contribution >= 0.6 is 0 Å². The van der Waals surface area contributed by atoms with Gasteiger partial charge in [-0.3, -0.25) is 4.79 Å².